The van der Waals surface area contributed by atoms with Crippen LogP contribution in [0.4, 0.5) is 0 Å². The van der Waals surface area contributed by atoms with Gasteiger partial charge in [-0.15, -0.1) is 0 Å². The number of rotatable bonds is 8. The van der Waals surface area contributed by atoms with Gasteiger partial charge in [-0.05, 0) is 43.2 Å². The van der Waals surface area contributed by atoms with Crippen molar-refractivity contribution in [3.63, 3.8) is 0 Å². The van der Waals surface area contributed by atoms with E-state index in [-0.39, 0.29) is 0 Å². The Hall–Kier alpha value is -2.86. The van der Waals surface area contributed by atoms with Crippen LogP contribution in [0.1, 0.15) is 31.1 Å². The highest BCUT2D eigenvalue weighted by Crippen LogP contribution is 2.27. The van der Waals surface area contributed by atoms with Crippen molar-refractivity contribution in [1.82, 2.24) is 5.43 Å². The highest BCUT2D eigenvalue weighted by atomic mass is 16.5. The molecule has 2 N–H and O–H groups in total. The molecular weight excluding hydrogens is 320 g/mol. The van der Waals surface area contributed by atoms with E-state index in [1.807, 2.05) is 19.9 Å². The predicted octanol–water partition coefficient (Wildman–Crippen LogP) is 2.67. The maximum atomic E-state index is 11.9. The minimum absolute atomic E-state index is 0.509. The normalized spacial score (nSPS) is 12.0. The molecule has 0 aromatic heterocycles. The van der Waals surface area contributed by atoms with Crippen molar-refractivity contribution >= 4 is 12.1 Å². The molecule has 0 aliphatic heterocycles. The maximum absolute atomic E-state index is 11.9. The average molecular weight is 342 g/mol. The topological polar surface area (TPSA) is 80.2 Å². The second-order valence-electron chi connectivity index (χ2n) is 5.12. The van der Waals surface area contributed by atoms with Gasteiger partial charge in [0, 0.05) is 0 Å². The van der Waals surface area contributed by atoms with Crippen LogP contribution in [0.15, 0.2) is 53.6 Å². The van der Waals surface area contributed by atoms with Gasteiger partial charge in [-0.25, -0.2) is 5.43 Å². The highest BCUT2D eigenvalue weighted by Gasteiger charge is 2.16. The number of benzene rings is 2. The Morgan fingerprint density at radius 2 is 1.80 bits per heavy atom. The fraction of sp³-hybridized carbons (Fsp3) is 0.263. The number of hydrazone groups is 1. The molecule has 6 heteroatoms. The standard InChI is InChI=1S/C19H22N2O4/c1-3-24-16-11-10-14(12-17(16)25-4-2)13-20-21-19(23)18(22)15-8-6-5-7-9-15/h5-13,18,22H,3-4H2,1-2H3,(H,21,23). The Balaban J connectivity index is 2.01. The van der Waals surface area contributed by atoms with E-state index in [1.165, 1.54) is 6.21 Å². The molecule has 0 saturated carbocycles. The van der Waals surface area contributed by atoms with Gasteiger partial charge >= 0.3 is 0 Å². The van der Waals surface area contributed by atoms with Gasteiger partial charge in [0.1, 0.15) is 0 Å². The summed E-state index contributed by atoms with van der Waals surface area (Å²) < 4.78 is 11.0. The lowest BCUT2D eigenvalue weighted by Gasteiger charge is -2.11. The molecule has 2 rings (SSSR count). The van der Waals surface area contributed by atoms with E-state index in [4.69, 9.17) is 9.47 Å². The lowest BCUT2D eigenvalue weighted by atomic mass is 10.1. The Morgan fingerprint density at radius 1 is 1.12 bits per heavy atom. The molecule has 25 heavy (non-hydrogen) atoms. The van der Waals surface area contributed by atoms with Gasteiger partial charge in [-0.3, -0.25) is 4.79 Å². The summed E-state index contributed by atoms with van der Waals surface area (Å²) in [6.07, 6.45) is 0.214. The first-order valence-corrected chi connectivity index (χ1v) is 8.11. The molecule has 0 aliphatic rings. The van der Waals surface area contributed by atoms with Gasteiger partial charge in [0.05, 0.1) is 19.4 Å². The predicted molar refractivity (Wildman–Crippen MR) is 95.9 cm³/mol. The van der Waals surface area contributed by atoms with Gasteiger partial charge in [0.25, 0.3) is 5.91 Å². The Morgan fingerprint density at radius 3 is 2.48 bits per heavy atom. The summed E-state index contributed by atoms with van der Waals surface area (Å²) in [6.45, 7) is 4.85. The molecular formula is C19H22N2O4. The third-order valence-corrected chi connectivity index (χ3v) is 3.32. The molecule has 0 bridgehead atoms. The van der Waals surface area contributed by atoms with Crippen LogP contribution in [0.25, 0.3) is 0 Å². The summed E-state index contributed by atoms with van der Waals surface area (Å²) in [4.78, 5) is 11.9. The van der Waals surface area contributed by atoms with Crippen LogP contribution in [0.5, 0.6) is 11.5 Å². The SMILES string of the molecule is CCOc1ccc(C=NNC(=O)C(O)c2ccccc2)cc1OCC. The molecule has 2 aromatic rings. The fourth-order valence-corrected chi connectivity index (χ4v) is 2.17. The summed E-state index contributed by atoms with van der Waals surface area (Å²) in [5.41, 5.74) is 3.58. The van der Waals surface area contributed by atoms with Crippen LogP contribution >= 0.6 is 0 Å². The molecule has 0 spiro atoms. The molecule has 2 aromatic carbocycles. The van der Waals surface area contributed by atoms with Crippen molar-refractivity contribution in [3.8, 4) is 11.5 Å². The lowest BCUT2D eigenvalue weighted by molar-refractivity contribution is -0.129. The number of amides is 1. The summed E-state index contributed by atoms with van der Waals surface area (Å²) in [6, 6.07) is 14.0. The number of nitrogens with zero attached hydrogens (tertiary/aromatic N) is 1. The largest absolute Gasteiger partial charge is 0.490 e. The highest BCUT2D eigenvalue weighted by molar-refractivity contribution is 5.85. The van der Waals surface area contributed by atoms with E-state index in [0.717, 1.165) is 5.56 Å². The number of nitrogens with one attached hydrogen (secondary N) is 1. The summed E-state index contributed by atoms with van der Waals surface area (Å²) in [7, 11) is 0. The third kappa shape index (κ3) is 5.32. The monoisotopic (exact) mass is 342 g/mol. The summed E-state index contributed by atoms with van der Waals surface area (Å²) in [5.74, 6) is 0.674. The van der Waals surface area contributed by atoms with Crippen LogP contribution in [0.2, 0.25) is 0 Å². The molecule has 1 amide bonds. The first kappa shape index (κ1) is 18.5. The fourth-order valence-electron chi connectivity index (χ4n) is 2.17. The van der Waals surface area contributed by atoms with E-state index in [1.54, 1.807) is 42.5 Å². The molecule has 1 unspecified atom stereocenters. The van der Waals surface area contributed by atoms with Crippen LogP contribution in [0, 0.1) is 0 Å². The van der Waals surface area contributed by atoms with Crippen molar-refractivity contribution in [3.05, 3.63) is 59.7 Å². The van der Waals surface area contributed by atoms with E-state index in [2.05, 4.69) is 10.5 Å². The summed E-state index contributed by atoms with van der Waals surface area (Å²) in [5, 5.41) is 13.9. The number of carbonyl (C=O) groups is 1. The first-order valence-electron chi connectivity index (χ1n) is 8.11. The number of ether oxygens (including phenoxy) is 2. The zero-order chi connectivity index (χ0) is 18.1. The quantitative estimate of drug-likeness (QED) is 0.571. The first-order chi connectivity index (χ1) is 12.2. The average Bonchev–Trinajstić information content (AvgIpc) is 2.64. The molecule has 132 valence electrons. The van der Waals surface area contributed by atoms with E-state index < -0.39 is 12.0 Å². The second kappa shape index (κ2) is 9.44. The number of aliphatic hydroxyl groups excluding tert-OH is 1. The van der Waals surface area contributed by atoms with Gasteiger partial charge in [0.2, 0.25) is 0 Å². The van der Waals surface area contributed by atoms with Gasteiger partial charge in [-0.1, -0.05) is 30.3 Å². The third-order valence-electron chi connectivity index (χ3n) is 3.32. The number of hydrogen-bond acceptors (Lipinski definition) is 5. The number of carbonyl (C=O) groups excluding carboxylic acids is 1. The smallest absolute Gasteiger partial charge is 0.273 e. The molecule has 0 fully saturated rings. The molecule has 0 saturated heterocycles. The van der Waals surface area contributed by atoms with Gasteiger partial charge in [0.15, 0.2) is 17.6 Å². The van der Waals surface area contributed by atoms with Crippen molar-refractivity contribution in [2.24, 2.45) is 5.10 Å². The van der Waals surface area contributed by atoms with Crippen LogP contribution in [0.3, 0.4) is 0 Å². The summed E-state index contributed by atoms with van der Waals surface area (Å²) >= 11 is 0. The van der Waals surface area contributed by atoms with Crippen molar-refractivity contribution in [1.29, 1.82) is 0 Å². The second-order valence-corrected chi connectivity index (χ2v) is 5.12. The minimum atomic E-state index is -1.27. The molecule has 0 radical (unpaired) electrons. The van der Waals surface area contributed by atoms with E-state index in [9.17, 15) is 9.90 Å². The van der Waals surface area contributed by atoms with Crippen LogP contribution < -0.4 is 14.9 Å². The molecule has 0 heterocycles. The zero-order valence-electron chi connectivity index (χ0n) is 14.3. The van der Waals surface area contributed by atoms with E-state index in [0.29, 0.717) is 30.3 Å². The van der Waals surface area contributed by atoms with Crippen molar-refractivity contribution < 1.29 is 19.4 Å². The van der Waals surface area contributed by atoms with E-state index >= 15 is 0 Å². The number of aliphatic hydroxyl groups is 1. The van der Waals surface area contributed by atoms with Crippen LogP contribution in [-0.2, 0) is 4.79 Å². The molecule has 6 nitrogen and oxygen atoms in total. The Kier molecular flexibility index (Phi) is 6.98. The van der Waals surface area contributed by atoms with Crippen LogP contribution in [-0.4, -0.2) is 30.4 Å². The zero-order valence-corrected chi connectivity index (χ0v) is 14.3. The van der Waals surface area contributed by atoms with Gasteiger partial charge < -0.3 is 14.6 Å². The lowest BCUT2D eigenvalue weighted by Crippen LogP contribution is -2.25. The van der Waals surface area contributed by atoms with Gasteiger partial charge in [-0.2, -0.15) is 5.10 Å². The number of hydrogen-bond donors (Lipinski definition) is 2. The van der Waals surface area contributed by atoms with Crippen molar-refractivity contribution in [2.75, 3.05) is 13.2 Å². The Labute approximate surface area is 147 Å². The molecule has 0 aliphatic carbocycles. The Bertz CT molecular complexity index is 717. The minimum Gasteiger partial charge on any atom is -0.490 e. The molecule has 1 atom stereocenters. The maximum Gasteiger partial charge on any atom is 0.273 e. The van der Waals surface area contributed by atoms with Crippen molar-refractivity contribution in [2.45, 2.75) is 20.0 Å².